The lowest BCUT2D eigenvalue weighted by Gasteiger charge is -2.42. The lowest BCUT2D eigenvalue weighted by atomic mass is 9.92. The van der Waals surface area contributed by atoms with Gasteiger partial charge < -0.3 is 4.90 Å². The Labute approximate surface area is 155 Å². The van der Waals surface area contributed by atoms with Crippen molar-refractivity contribution in [3.63, 3.8) is 0 Å². The number of likely N-dealkylation sites (tertiary alicyclic amines) is 1. The van der Waals surface area contributed by atoms with Gasteiger partial charge in [-0.15, -0.1) is 0 Å². The molecule has 1 aromatic rings. The van der Waals surface area contributed by atoms with E-state index in [2.05, 4.69) is 0 Å². The van der Waals surface area contributed by atoms with Crippen LogP contribution in [0.1, 0.15) is 50.6 Å². The standard InChI is InChI=1S/C18H25ClN2O3S/c1-2-16(13-20-11-4-12-25(20,23)24)21-17(5-3-6-18(21)22)14-7-9-15(19)10-8-14/h7-10,16-17H,2-6,11-13H2,1H3. The van der Waals surface area contributed by atoms with Gasteiger partial charge in [0.05, 0.1) is 11.8 Å². The molecule has 0 radical (unpaired) electrons. The van der Waals surface area contributed by atoms with E-state index in [-0.39, 0.29) is 23.7 Å². The Bertz CT molecular complexity index is 720. The number of sulfonamides is 1. The number of carbonyl (C=O) groups is 1. The second kappa shape index (κ2) is 7.64. The maximum Gasteiger partial charge on any atom is 0.223 e. The van der Waals surface area contributed by atoms with Crippen LogP contribution in [0.15, 0.2) is 24.3 Å². The maximum absolute atomic E-state index is 12.7. The largest absolute Gasteiger partial charge is 0.331 e. The number of rotatable bonds is 5. The molecule has 0 aliphatic carbocycles. The molecule has 3 rings (SSSR count). The first-order valence-corrected chi connectivity index (χ1v) is 11.0. The van der Waals surface area contributed by atoms with Crippen LogP contribution >= 0.6 is 11.6 Å². The third kappa shape index (κ3) is 4.01. The van der Waals surface area contributed by atoms with Crippen LogP contribution < -0.4 is 0 Å². The molecular weight excluding hydrogens is 360 g/mol. The Hall–Kier alpha value is -1.11. The van der Waals surface area contributed by atoms with Gasteiger partial charge in [0.25, 0.3) is 0 Å². The number of halogens is 1. The Kier molecular flexibility index (Phi) is 5.71. The minimum absolute atomic E-state index is 0.00576. The lowest BCUT2D eigenvalue weighted by molar-refractivity contribution is -0.140. The first-order chi connectivity index (χ1) is 11.9. The minimum atomic E-state index is -3.16. The van der Waals surface area contributed by atoms with Gasteiger partial charge in [-0.2, -0.15) is 4.31 Å². The Balaban J connectivity index is 1.85. The van der Waals surface area contributed by atoms with Crippen LogP contribution in [0.4, 0.5) is 0 Å². The average molecular weight is 385 g/mol. The molecule has 7 heteroatoms. The Morgan fingerprint density at radius 3 is 2.56 bits per heavy atom. The summed E-state index contributed by atoms with van der Waals surface area (Å²) in [5, 5.41) is 0.674. The van der Waals surface area contributed by atoms with Crippen LogP contribution in [0.5, 0.6) is 0 Å². The third-order valence-electron chi connectivity index (χ3n) is 5.23. The van der Waals surface area contributed by atoms with E-state index in [1.165, 1.54) is 0 Å². The molecule has 5 nitrogen and oxygen atoms in total. The van der Waals surface area contributed by atoms with E-state index in [1.807, 2.05) is 36.1 Å². The van der Waals surface area contributed by atoms with Gasteiger partial charge in [0, 0.05) is 30.6 Å². The Morgan fingerprint density at radius 1 is 1.24 bits per heavy atom. The molecule has 2 saturated heterocycles. The normalized spacial score (nSPS) is 25.3. The number of benzene rings is 1. The lowest BCUT2D eigenvalue weighted by Crippen LogP contribution is -2.50. The van der Waals surface area contributed by atoms with Crippen LogP contribution in [0.3, 0.4) is 0 Å². The van der Waals surface area contributed by atoms with E-state index in [1.54, 1.807) is 4.31 Å². The summed E-state index contributed by atoms with van der Waals surface area (Å²) in [5.41, 5.74) is 1.07. The smallest absolute Gasteiger partial charge is 0.223 e. The van der Waals surface area contributed by atoms with Gasteiger partial charge in [-0.3, -0.25) is 4.79 Å². The van der Waals surface area contributed by atoms with Crippen molar-refractivity contribution in [1.29, 1.82) is 0 Å². The van der Waals surface area contributed by atoms with Crippen molar-refractivity contribution in [2.75, 3.05) is 18.8 Å². The summed E-state index contributed by atoms with van der Waals surface area (Å²) in [6.07, 6.45) is 3.71. The van der Waals surface area contributed by atoms with Crippen LogP contribution in [0.2, 0.25) is 5.02 Å². The molecular formula is C18H25ClN2O3S. The molecule has 2 unspecified atom stereocenters. The summed E-state index contributed by atoms with van der Waals surface area (Å²) in [6.45, 7) is 2.98. The topological polar surface area (TPSA) is 57.7 Å². The summed E-state index contributed by atoms with van der Waals surface area (Å²) in [7, 11) is -3.16. The van der Waals surface area contributed by atoms with Gasteiger partial charge >= 0.3 is 0 Å². The number of hydrogen-bond donors (Lipinski definition) is 0. The van der Waals surface area contributed by atoms with Crippen LogP contribution in [0.25, 0.3) is 0 Å². The minimum Gasteiger partial charge on any atom is -0.331 e. The zero-order valence-corrected chi connectivity index (χ0v) is 16.1. The van der Waals surface area contributed by atoms with Gasteiger partial charge in [0.2, 0.25) is 15.9 Å². The van der Waals surface area contributed by atoms with Crippen LogP contribution in [0, 0.1) is 0 Å². The summed E-state index contributed by atoms with van der Waals surface area (Å²) in [5.74, 6) is 0.340. The van der Waals surface area contributed by atoms with Crippen molar-refractivity contribution in [1.82, 2.24) is 9.21 Å². The second-order valence-electron chi connectivity index (χ2n) is 6.85. The highest BCUT2D eigenvalue weighted by Gasteiger charge is 2.37. The summed E-state index contributed by atoms with van der Waals surface area (Å²) in [4.78, 5) is 14.6. The molecule has 2 heterocycles. The zero-order chi connectivity index (χ0) is 18.0. The monoisotopic (exact) mass is 384 g/mol. The van der Waals surface area contributed by atoms with E-state index in [0.717, 1.165) is 24.8 Å². The molecule has 138 valence electrons. The van der Waals surface area contributed by atoms with Crippen molar-refractivity contribution in [3.05, 3.63) is 34.9 Å². The predicted octanol–water partition coefficient (Wildman–Crippen LogP) is 3.21. The first kappa shape index (κ1) is 18.7. The summed E-state index contributed by atoms with van der Waals surface area (Å²) >= 11 is 6.00. The molecule has 2 fully saturated rings. The van der Waals surface area contributed by atoms with E-state index in [0.29, 0.717) is 31.0 Å². The summed E-state index contributed by atoms with van der Waals surface area (Å²) < 4.78 is 25.9. The van der Waals surface area contributed by atoms with Crippen molar-refractivity contribution in [2.24, 2.45) is 0 Å². The van der Waals surface area contributed by atoms with E-state index in [9.17, 15) is 13.2 Å². The fourth-order valence-electron chi connectivity index (χ4n) is 3.90. The van der Waals surface area contributed by atoms with E-state index < -0.39 is 10.0 Å². The fourth-order valence-corrected chi connectivity index (χ4v) is 5.59. The molecule has 2 atom stereocenters. The number of piperidine rings is 1. The van der Waals surface area contributed by atoms with Crippen molar-refractivity contribution >= 4 is 27.5 Å². The molecule has 2 aliphatic heterocycles. The quantitative estimate of drug-likeness (QED) is 0.783. The van der Waals surface area contributed by atoms with Gasteiger partial charge in [0.1, 0.15) is 0 Å². The van der Waals surface area contributed by atoms with Gasteiger partial charge in [-0.1, -0.05) is 30.7 Å². The fraction of sp³-hybridized carbons (Fsp3) is 0.611. The molecule has 25 heavy (non-hydrogen) atoms. The van der Waals surface area contributed by atoms with Crippen molar-refractivity contribution < 1.29 is 13.2 Å². The van der Waals surface area contributed by atoms with Crippen LogP contribution in [-0.2, 0) is 14.8 Å². The van der Waals surface area contributed by atoms with Crippen LogP contribution in [-0.4, -0.2) is 48.4 Å². The third-order valence-corrected chi connectivity index (χ3v) is 7.40. The molecule has 1 aromatic carbocycles. The average Bonchev–Trinajstić information content (AvgIpc) is 2.92. The molecule has 1 amide bonds. The molecule has 0 N–H and O–H groups in total. The number of nitrogens with zero attached hydrogens (tertiary/aromatic N) is 2. The van der Waals surface area contributed by atoms with E-state index >= 15 is 0 Å². The van der Waals surface area contributed by atoms with E-state index in [4.69, 9.17) is 11.6 Å². The molecule has 0 saturated carbocycles. The highest BCUT2D eigenvalue weighted by Crippen LogP contribution is 2.35. The maximum atomic E-state index is 12.7. The second-order valence-corrected chi connectivity index (χ2v) is 9.38. The zero-order valence-electron chi connectivity index (χ0n) is 14.5. The SMILES string of the molecule is CCC(CN1CCCS1(=O)=O)N1C(=O)CCCC1c1ccc(Cl)cc1. The molecule has 0 bridgehead atoms. The number of hydrogen-bond acceptors (Lipinski definition) is 3. The predicted molar refractivity (Wildman–Crippen MR) is 98.9 cm³/mol. The van der Waals surface area contributed by atoms with Gasteiger partial charge in [-0.05, 0) is 43.4 Å². The number of carbonyl (C=O) groups excluding carboxylic acids is 1. The van der Waals surface area contributed by atoms with Gasteiger partial charge in [-0.25, -0.2) is 8.42 Å². The molecule has 2 aliphatic rings. The molecule has 0 spiro atoms. The van der Waals surface area contributed by atoms with Crippen molar-refractivity contribution in [2.45, 2.75) is 51.1 Å². The highest BCUT2D eigenvalue weighted by atomic mass is 35.5. The number of amides is 1. The summed E-state index contributed by atoms with van der Waals surface area (Å²) in [6, 6.07) is 7.53. The van der Waals surface area contributed by atoms with Crippen molar-refractivity contribution in [3.8, 4) is 0 Å². The highest BCUT2D eigenvalue weighted by molar-refractivity contribution is 7.89. The molecule has 0 aromatic heterocycles. The van der Waals surface area contributed by atoms with Gasteiger partial charge in [0.15, 0.2) is 0 Å². The first-order valence-electron chi connectivity index (χ1n) is 8.97. The Morgan fingerprint density at radius 2 is 1.96 bits per heavy atom.